The molecule has 1 unspecified atom stereocenters. The smallest absolute Gasteiger partial charge is 0.141 e. The van der Waals surface area contributed by atoms with Gasteiger partial charge in [0.1, 0.15) is 5.82 Å². The van der Waals surface area contributed by atoms with Crippen LogP contribution in [0.4, 0.5) is 10.1 Å². The molecule has 100 valence electrons. The summed E-state index contributed by atoms with van der Waals surface area (Å²) in [6.45, 7) is 2.13. The van der Waals surface area contributed by atoms with Crippen molar-refractivity contribution in [2.45, 2.75) is 25.8 Å². The SMILES string of the molecule is CCC(Cc1ccccc1)Nc1ccc(F)c(Cl)c1. The predicted molar refractivity (Wildman–Crippen MR) is 79.3 cm³/mol. The van der Waals surface area contributed by atoms with E-state index in [9.17, 15) is 4.39 Å². The van der Waals surface area contributed by atoms with Crippen LogP contribution in [-0.2, 0) is 6.42 Å². The summed E-state index contributed by atoms with van der Waals surface area (Å²) >= 11 is 5.79. The van der Waals surface area contributed by atoms with Crippen LogP contribution in [0.25, 0.3) is 0 Å². The average Bonchev–Trinajstić information content (AvgIpc) is 2.43. The van der Waals surface area contributed by atoms with Gasteiger partial charge in [-0.2, -0.15) is 0 Å². The first-order chi connectivity index (χ1) is 9.19. The standard InChI is InChI=1S/C16H17ClFN/c1-2-13(10-12-6-4-3-5-7-12)19-14-8-9-16(18)15(17)11-14/h3-9,11,13,19H,2,10H2,1H3. The molecular weight excluding hydrogens is 261 g/mol. The Morgan fingerprint density at radius 2 is 1.89 bits per heavy atom. The van der Waals surface area contributed by atoms with Gasteiger partial charge in [-0.1, -0.05) is 48.9 Å². The zero-order chi connectivity index (χ0) is 13.7. The second-order valence-electron chi connectivity index (χ2n) is 4.57. The van der Waals surface area contributed by atoms with Crippen LogP contribution >= 0.6 is 11.6 Å². The third kappa shape index (κ3) is 3.97. The van der Waals surface area contributed by atoms with E-state index >= 15 is 0 Å². The molecule has 2 aromatic carbocycles. The fraction of sp³-hybridized carbons (Fsp3) is 0.250. The number of nitrogens with one attached hydrogen (secondary N) is 1. The Morgan fingerprint density at radius 1 is 1.16 bits per heavy atom. The molecule has 0 saturated carbocycles. The molecule has 2 rings (SSSR count). The van der Waals surface area contributed by atoms with Crippen LogP contribution < -0.4 is 5.32 Å². The molecule has 0 amide bonds. The Hall–Kier alpha value is -1.54. The summed E-state index contributed by atoms with van der Waals surface area (Å²) < 4.78 is 13.1. The van der Waals surface area contributed by atoms with Gasteiger partial charge in [0.15, 0.2) is 0 Å². The summed E-state index contributed by atoms with van der Waals surface area (Å²) in [6, 6.07) is 15.4. The second kappa shape index (κ2) is 6.58. The van der Waals surface area contributed by atoms with Gasteiger partial charge >= 0.3 is 0 Å². The summed E-state index contributed by atoms with van der Waals surface area (Å²) in [5.74, 6) is -0.386. The van der Waals surface area contributed by atoms with E-state index in [1.54, 1.807) is 12.1 Å². The molecule has 0 spiro atoms. The summed E-state index contributed by atoms with van der Waals surface area (Å²) in [6.07, 6.45) is 1.93. The minimum atomic E-state index is -0.386. The molecule has 19 heavy (non-hydrogen) atoms. The van der Waals surface area contributed by atoms with Gasteiger partial charge in [0, 0.05) is 11.7 Å². The third-order valence-electron chi connectivity index (χ3n) is 3.11. The first kappa shape index (κ1) is 13.9. The molecule has 0 aliphatic rings. The van der Waals surface area contributed by atoms with Crippen molar-refractivity contribution in [2.24, 2.45) is 0 Å². The normalized spacial score (nSPS) is 12.2. The first-order valence-corrected chi connectivity index (χ1v) is 6.82. The quantitative estimate of drug-likeness (QED) is 0.818. The highest BCUT2D eigenvalue weighted by Gasteiger charge is 2.08. The topological polar surface area (TPSA) is 12.0 Å². The van der Waals surface area contributed by atoms with Gasteiger partial charge < -0.3 is 5.32 Å². The van der Waals surface area contributed by atoms with Gasteiger partial charge in [-0.05, 0) is 36.6 Å². The van der Waals surface area contributed by atoms with Crippen LogP contribution in [0.1, 0.15) is 18.9 Å². The molecule has 3 heteroatoms. The summed E-state index contributed by atoms with van der Waals surface area (Å²) in [7, 11) is 0. The first-order valence-electron chi connectivity index (χ1n) is 6.44. The number of anilines is 1. The number of hydrogen-bond acceptors (Lipinski definition) is 1. The van der Waals surface area contributed by atoms with E-state index in [0.717, 1.165) is 18.5 Å². The monoisotopic (exact) mass is 277 g/mol. The molecular formula is C16H17ClFN. The molecule has 1 nitrogen and oxygen atoms in total. The Balaban J connectivity index is 2.04. The van der Waals surface area contributed by atoms with Gasteiger partial charge in [0.05, 0.1) is 5.02 Å². The predicted octanol–water partition coefficient (Wildman–Crippen LogP) is 4.91. The van der Waals surface area contributed by atoms with Crippen molar-refractivity contribution in [3.05, 3.63) is 64.9 Å². The number of hydrogen-bond donors (Lipinski definition) is 1. The minimum absolute atomic E-state index is 0.152. The molecule has 0 aliphatic carbocycles. The van der Waals surface area contributed by atoms with Crippen molar-refractivity contribution < 1.29 is 4.39 Å². The van der Waals surface area contributed by atoms with Crippen LogP contribution in [0.3, 0.4) is 0 Å². The summed E-state index contributed by atoms with van der Waals surface area (Å²) in [4.78, 5) is 0. The van der Waals surface area contributed by atoms with E-state index in [-0.39, 0.29) is 10.8 Å². The molecule has 0 aliphatic heterocycles. The number of halogens is 2. The Labute approximate surface area is 118 Å². The van der Waals surface area contributed by atoms with Crippen LogP contribution in [0.15, 0.2) is 48.5 Å². The molecule has 0 fully saturated rings. The second-order valence-corrected chi connectivity index (χ2v) is 4.98. The summed E-state index contributed by atoms with van der Waals surface area (Å²) in [5, 5.41) is 3.55. The van der Waals surface area contributed by atoms with Gasteiger partial charge in [0.25, 0.3) is 0 Å². The largest absolute Gasteiger partial charge is 0.382 e. The molecule has 0 heterocycles. The van der Waals surface area contributed by atoms with Crippen molar-refractivity contribution >= 4 is 17.3 Å². The molecule has 0 aromatic heterocycles. The zero-order valence-corrected chi connectivity index (χ0v) is 11.6. The Bertz CT molecular complexity index is 528. The molecule has 0 saturated heterocycles. The zero-order valence-electron chi connectivity index (χ0n) is 10.9. The molecule has 1 atom stereocenters. The fourth-order valence-corrected chi connectivity index (χ4v) is 2.20. The van der Waals surface area contributed by atoms with Gasteiger partial charge in [0.2, 0.25) is 0 Å². The van der Waals surface area contributed by atoms with Crippen molar-refractivity contribution in [3.8, 4) is 0 Å². The maximum atomic E-state index is 13.1. The van der Waals surface area contributed by atoms with Crippen LogP contribution in [-0.4, -0.2) is 6.04 Å². The Kier molecular flexibility index (Phi) is 4.80. The third-order valence-corrected chi connectivity index (χ3v) is 3.40. The minimum Gasteiger partial charge on any atom is -0.382 e. The van der Waals surface area contributed by atoms with Crippen LogP contribution in [0.2, 0.25) is 5.02 Å². The van der Waals surface area contributed by atoms with Gasteiger partial charge in [-0.3, -0.25) is 0 Å². The number of rotatable bonds is 5. The van der Waals surface area contributed by atoms with Crippen LogP contribution in [0.5, 0.6) is 0 Å². The number of benzene rings is 2. The van der Waals surface area contributed by atoms with E-state index in [1.807, 2.05) is 18.2 Å². The lowest BCUT2D eigenvalue weighted by atomic mass is 10.0. The lowest BCUT2D eigenvalue weighted by Gasteiger charge is -2.18. The Morgan fingerprint density at radius 3 is 2.53 bits per heavy atom. The lowest BCUT2D eigenvalue weighted by Crippen LogP contribution is -2.21. The maximum Gasteiger partial charge on any atom is 0.141 e. The highest BCUT2D eigenvalue weighted by Crippen LogP contribution is 2.21. The highest BCUT2D eigenvalue weighted by molar-refractivity contribution is 6.31. The van der Waals surface area contributed by atoms with Crippen molar-refractivity contribution in [2.75, 3.05) is 5.32 Å². The van der Waals surface area contributed by atoms with E-state index in [0.29, 0.717) is 6.04 Å². The van der Waals surface area contributed by atoms with Gasteiger partial charge in [-0.25, -0.2) is 4.39 Å². The molecule has 1 N–H and O–H groups in total. The lowest BCUT2D eigenvalue weighted by molar-refractivity contribution is 0.628. The van der Waals surface area contributed by atoms with Crippen LogP contribution in [0, 0.1) is 5.82 Å². The van der Waals surface area contributed by atoms with E-state index in [4.69, 9.17) is 11.6 Å². The summed E-state index contributed by atoms with van der Waals surface area (Å²) in [5.41, 5.74) is 2.14. The van der Waals surface area contributed by atoms with Crippen molar-refractivity contribution in [3.63, 3.8) is 0 Å². The highest BCUT2D eigenvalue weighted by atomic mass is 35.5. The van der Waals surface area contributed by atoms with E-state index < -0.39 is 0 Å². The van der Waals surface area contributed by atoms with E-state index in [1.165, 1.54) is 11.6 Å². The van der Waals surface area contributed by atoms with Crippen molar-refractivity contribution in [1.82, 2.24) is 0 Å². The maximum absolute atomic E-state index is 13.1. The fourth-order valence-electron chi connectivity index (χ4n) is 2.02. The molecule has 0 bridgehead atoms. The van der Waals surface area contributed by atoms with Crippen molar-refractivity contribution in [1.29, 1.82) is 0 Å². The average molecular weight is 278 g/mol. The molecule has 0 radical (unpaired) electrons. The molecule has 2 aromatic rings. The van der Waals surface area contributed by atoms with Gasteiger partial charge in [-0.15, -0.1) is 0 Å². The van der Waals surface area contributed by atoms with E-state index in [2.05, 4.69) is 24.4 Å².